The van der Waals surface area contributed by atoms with Crippen LogP contribution in [0.5, 0.6) is 0 Å². The summed E-state index contributed by atoms with van der Waals surface area (Å²) < 4.78 is 0. The molecule has 0 spiro atoms. The zero-order valence-electron chi connectivity index (χ0n) is 5.57. The quantitative estimate of drug-likeness (QED) is 0.454. The predicted octanol–water partition coefficient (Wildman–Crippen LogP) is -0.942. The molecule has 2 aliphatic rings. The fourth-order valence-electron chi connectivity index (χ4n) is 1.21. The number of fused-ring (bicyclic) bond motifs is 1. The molecule has 0 amide bonds. The number of nitrogens with zero attached hydrogens (tertiary/aromatic N) is 2. The molecule has 0 aromatic rings. The van der Waals surface area contributed by atoms with Gasteiger partial charge in [0.2, 0.25) is 0 Å². The Morgan fingerprint density at radius 2 is 2.60 bits per heavy atom. The van der Waals surface area contributed by atoms with E-state index in [9.17, 15) is 0 Å². The maximum absolute atomic E-state index is 5.74. The molecule has 0 saturated carbocycles. The van der Waals surface area contributed by atoms with E-state index in [-0.39, 0.29) is 12.2 Å². The molecule has 0 aliphatic carbocycles. The summed E-state index contributed by atoms with van der Waals surface area (Å²) in [5.41, 5.74) is 8.85. The van der Waals surface area contributed by atoms with Crippen molar-refractivity contribution in [3.63, 3.8) is 0 Å². The number of aliphatic imine (C=N–C) groups is 1. The standard InChI is InChI=1S/C6H10N4/c7-5-4-9-10-3-1-2-8-6(5)10/h1-3,5-6,9H,4,7H2. The van der Waals surface area contributed by atoms with Crippen LogP contribution in [-0.2, 0) is 0 Å². The molecule has 2 heterocycles. The van der Waals surface area contributed by atoms with Gasteiger partial charge in [-0.15, -0.1) is 0 Å². The molecule has 3 N–H and O–H groups in total. The molecule has 10 heavy (non-hydrogen) atoms. The van der Waals surface area contributed by atoms with Crippen LogP contribution in [0, 0.1) is 0 Å². The molecule has 2 aliphatic heterocycles. The maximum atomic E-state index is 5.74. The van der Waals surface area contributed by atoms with Crippen LogP contribution in [0.4, 0.5) is 0 Å². The smallest absolute Gasteiger partial charge is 0.150 e. The van der Waals surface area contributed by atoms with Gasteiger partial charge >= 0.3 is 0 Å². The van der Waals surface area contributed by atoms with E-state index in [0.29, 0.717) is 0 Å². The van der Waals surface area contributed by atoms with Crippen LogP contribution >= 0.6 is 0 Å². The molecule has 0 bridgehead atoms. The number of hydrogen-bond donors (Lipinski definition) is 2. The summed E-state index contributed by atoms with van der Waals surface area (Å²) >= 11 is 0. The highest BCUT2D eigenvalue weighted by molar-refractivity contribution is 5.72. The number of nitrogens with one attached hydrogen (secondary N) is 1. The Hall–Kier alpha value is -0.870. The molecule has 1 fully saturated rings. The number of hydrogen-bond acceptors (Lipinski definition) is 4. The SMILES string of the molecule is NC1CNN2C=CC=NC12. The van der Waals surface area contributed by atoms with Gasteiger partial charge in [-0.2, -0.15) is 0 Å². The molecule has 4 heteroatoms. The molecular formula is C6H10N4. The first-order chi connectivity index (χ1) is 4.88. The van der Waals surface area contributed by atoms with E-state index in [1.54, 1.807) is 6.21 Å². The Morgan fingerprint density at radius 3 is 3.40 bits per heavy atom. The Bertz CT molecular complexity index is 186. The Balaban J connectivity index is 2.19. The van der Waals surface area contributed by atoms with Crippen LogP contribution in [0.1, 0.15) is 0 Å². The Labute approximate surface area is 59.4 Å². The lowest BCUT2D eigenvalue weighted by molar-refractivity contribution is 0.272. The van der Waals surface area contributed by atoms with Gasteiger partial charge in [0.05, 0.1) is 6.04 Å². The van der Waals surface area contributed by atoms with E-state index in [0.717, 1.165) is 6.54 Å². The van der Waals surface area contributed by atoms with Crippen molar-refractivity contribution in [1.82, 2.24) is 10.4 Å². The molecule has 0 aromatic heterocycles. The summed E-state index contributed by atoms with van der Waals surface area (Å²) in [6, 6.07) is 0.126. The van der Waals surface area contributed by atoms with E-state index in [1.165, 1.54) is 0 Å². The lowest BCUT2D eigenvalue weighted by Gasteiger charge is -2.21. The second-order valence-corrected chi connectivity index (χ2v) is 2.49. The summed E-state index contributed by atoms with van der Waals surface area (Å²) in [7, 11) is 0. The molecule has 2 atom stereocenters. The first-order valence-corrected chi connectivity index (χ1v) is 3.35. The van der Waals surface area contributed by atoms with Crippen molar-refractivity contribution < 1.29 is 0 Å². The van der Waals surface area contributed by atoms with Gasteiger partial charge in [-0.1, -0.05) is 0 Å². The third-order valence-electron chi connectivity index (χ3n) is 1.75. The van der Waals surface area contributed by atoms with Gasteiger partial charge in [-0.25, -0.2) is 5.43 Å². The van der Waals surface area contributed by atoms with Crippen molar-refractivity contribution >= 4 is 6.21 Å². The normalized spacial score (nSPS) is 36.7. The van der Waals surface area contributed by atoms with Crippen molar-refractivity contribution in [1.29, 1.82) is 0 Å². The van der Waals surface area contributed by atoms with E-state index >= 15 is 0 Å². The minimum atomic E-state index is 0.116. The third-order valence-corrected chi connectivity index (χ3v) is 1.75. The molecule has 4 nitrogen and oxygen atoms in total. The Kier molecular flexibility index (Phi) is 1.22. The molecule has 2 rings (SSSR count). The van der Waals surface area contributed by atoms with Crippen LogP contribution in [0.25, 0.3) is 0 Å². The molecule has 0 radical (unpaired) electrons. The number of rotatable bonds is 0. The van der Waals surface area contributed by atoms with Crippen LogP contribution in [0.15, 0.2) is 17.3 Å². The fraction of sp³-hybridized carbons (Fsp3) is 0.500. The molecular weight excluding hydrogens is 128 g/mol. The van der Waals surface area contributed by atoms with E-state index in [1.807, 2.05) is 17.3 Å². The molecule has 2 unspecified atom stereocenters. The molecule has 0 aromatic carbocycles. The number of hydrazine groups is 1. The van der Waals surface area contributed by atoms with E-state index < -0.39 is 0 Å². The minimum Gasteiger partial charge on any atom is -0.323 e. The van der Waals surface area contributed by atoms with Crippen LogP contribution in [0.2, 0.25) is 0 Å². The van der Waals surface area contributed by atoms with Crippen LogP contribution in [0.3, 0.4) is 0 Å². The monoisotopic (exact) mass is 138 g/mol. The van der Waals surface area contributed by atoms with Gasteiger partial charge in [0.1, 0.15) is 0 Å². The Morgan fingerprint density at radius 1 is 1.70 bits per heavy atom. The highest BCUT2D eigenvalue weighted by atomic mass is 15.6. The zero-order valence-corrected chi connectivity index (χ0v) is 5.57. The second kappa shape index (κ2) is 2.07. The minimum absolute atomic E-state index is 0.116. The first-order valence-electron chi connectivity index (χ1n) is 3.35. The van der Waals surface area contributed by atoms with Gasteiger partial charge in [-0.05, 0) is 6.08 Å². The van der Waals surface area contributed by atoms with Crippen LogP contribution < -0.4 is 11.2 Å². The topological polar surface area (TPSA) is 53.6 Å². The summed E-state index contributed by atoms with van der Waals surface area (Å²) in [4.78, 5) is 4.20. The summed E-state index contributed by atoms with van der Waals surface area (Å²) in [5, 5.41) is 1.94. The highest BCUT2D eigenvalue weighted by Crippen LogP contribution is 2.11. The van der Waals surface area contributed by atoms with Crippen molar-refractivity contribution in [2.45, 2.75) is 12.2 Å². The molecule has 1 saturated heterocycles. The van der Waals surface area contributed by atoms with Gasteiger partial charge < -0.3 is 5.73 Å². The largest absolute Gasteiger partial charge is 0.323 e. The number of allylic oxidation sites excluding steroid dienone is 1. The summed E-state index contributed by atoms with van der Waals surface area (Å²) in [5.74, 6) is 0. The lowest BCUT2D eigenvalue weighted by Crippen LogP contribution is -2.38. The van der Waals surface area contributed by atoms with E-state index in [4.69, 9.17) is 5.73 Å². The summed E-state index contributed by atoms with van der Waals surface area (Å²) in [6.45, 7) is 0.812. The van der Waals surface area contributed by atoms with Crippen molar-refractivity contribution in [3.05, 3.63) is 12.3 Å². The summed E-state index contributed by atoms with van der Waals surface area (Å²) in [6.07, 6.45) is 5.74. The van der Waals surface area contributed by atoms with Crippen molar-refractivity contribution in [2.24, 2.45) is 10.7 Å². The zero-order chi connectivity index (χ0) is 6.97. The van der Waals surface area contributed by atoms with Gasteiger partial charge in [-0.3, -0.25) is 10.0 Å². The van der Waals surface area contributed by atoms with Crippen molar-refractivity contribution in [2.75, 3.05) is 6.54 Å². The fourth-order valence-corrected chi connectivity index (χ4v) is 1.21. The highest BCUT2D eigenvalue weighted by Gasteiger charge is 2.29. The van der Waals surface area contributed by atoms with Crippen LogP contribution in [-0.4, -0.2) is 30.0 Å². The second-order valence-electron chi connectivity index (χ2n) is 2.49. The third kappa shape index (κ3) is 0.732. The van der Waals surface area contributed by atoms with E-state index in [2.05, 4.69) is 10.4 Å². The molecule has 54 valence electrons. The lowest BCUT2D eigenvalue weighted by atomic mass is 10.2. The van der Waals surface area contributed by atoms with Gasteiger partial charge in [0, 0.05) is 19.0 Å². The van der Waals surface area contributed by atoms with Crippen molar-refractivity contribution in [3.8, 4) is 0 Å². The average molecular weight is 138 g/mol. The first kappa shape index (κ1) is 5.88. The van der Waals surface area contributed by atoms with Gasteiger partial charge in [0.15, 0.2) is 6.17 Å². The average Bonchev–Trinajstić information content (AvgIpc) is 2.34. The predicted molar refractivity (Wildman–Crippen MR) is 39.2 cm³/mol. The van der Waals surface area contributed by atoms with Gasteiger partial charge in [0.25, 0.3) is 0 Å². The number of nitrogens with two attached hydrogens (primary N) is 1. The maximum Gasteiger partial charge on any atom is 0.150 e.